The standard InChI is InChI=1S/C15H17ClN4O2/c16-7-1-11(10-6-18-20-12(10)2-7)15(22)3-8-9(4-15)14(8)19-13(21)5-17/h1-2,6,8-9,14,22H,3-5,17H2,(H,18,20)(H,19,21). The van der Waals surface area contributed by atoms with Crippen LogP contribution in [0.25, 0.3) is 10.9 Å². The van der Waals surface area contributed by atoms with Gasteiger partial charge in [0.15, 0.2) is 0 Å². The summed E-state index contributed by atoms with van der Waals surface area (Å²) in [5, 5.41) is 22.4. The molecule has 4 rings (SSSR count). The summed E-state index contributed by atoms with van der Waals surface area (Å²) in [5.41, 5.74) is 6.06. The van der Waals surface area contributed by atoms with E-state index in [0.717, 1.165) is 16.5 Å². The second-order valence-corrected chi connectivity index (χ2v) is 6.79. The molecular weight excluding hydrogens is 304 g/mol. The van der Waals surface area contributed by atoms with E-state index < -0.39 is 5.60 Å². The summed E-state index contributed by atoms with van der Waals surface area (Å²) < 4.78 is 0. The van der Waals surface area contributed by atoms with Crippen molar-refractivity contribution in [1.82, 2.24) is 15.5 Å². The van der Waals surface area contributed by atoms with Crippen LogP contribution >= 0.6 is 11.6 Å². The number of aliphatic hydroxyl groups is 1. The lowest BCUT2D eigenvalue weighted by Crippen LogP contribution is -2.36. The Kier molecular flexibility index (Phi) is 2.98. The molecule has 0 bridgehead atoms. The minimum atomic E-state index is -0.910. The summed E-state index contributed by atoms with van der Waals surface area (Å²) in [5.74, 6) is 0.478. The lowest BCUT2D eigenvalue weighted by Gasteiger charge is -2.27. The van der Waals surface area contributed by atoms with Gasteiger partial charge in [0, 0.05) is 16.5 Å². The third-order valence-electron chi connectivity index (χ3n) is 5.02. The van der Waals surface area contributed by atoms with Crippen LogP contribution in [0.1, 0.15) is 18.4 Å². The van der Waals surface area contributed by atoms with Crippen LogP contribution in [0.2, 0.25) is 5.02 Å². The zero-order chi connectivity index (χ0) is 15.5. The molecule has 1 heterocycles. The number of hydrogen-bond acceptors (Lipinski definition) is 4. The minimum Gasteiger partial charge on any atom is -0.385 e. The average molecular weight is 321 g/mol. The van der Waals surface area contributed by atoms with Crippen molar-refractivity contribution in [2.24, 2.45) is 17.6 Å². The largest absolute Gasteiger partial charge is 0.385 e. The maximum absolute atomic E-state index is 11.4. The number of aromatic amines is 1. The molecule has 0 spiro atoms. The number of nitrogens with two attached hydrogens (primary N) is 1. The molecule has 1 aromatic carbocycles. The monoisotopic (exact) mass is 320 g/mol. The number of nitrogens with one attached hydrogen (secondary N) is 2. The van der Waals surface area contributed by atoms with E-state index in [4.69, 9.17) is 17.3 Å². The lowest BCUT2D eigenvalue weighted by molar-refractivity contribution is -0.120. The Morgan fingerprint density at radius 2 is 2.23 bits per heavy atom. The third kappa shape index (κ3) is 2.02. The summed E-state index contributed by atoms with van der Waals surface area (Å²) in [7, 11) is 0. The van der Waals surface area contributed by atoms with Crippen LogP contribution in [0.5, 0.6) is 0 Å². The highest BCUT2D eigenvalue weighted by atomic mass is 35.5. The van der Waals surface area contributed by atoms with Gasteiger partial charge < -0.3 is 16.2 Å². The van der Waals surface area contributed by atoms with Gasteiger partial charge in [0.1, 0.15) is 0 Å². The molecule has 6 nitrogen and oxygen atoms in total. The first kappa shape index (κ1) is 14.0. The number of carbonyl (C=O) groups is 1. The van der Waals surface area contributed by atoms with Gasteiger partial charge in [-0.2, -0.15) is 5.10 Å². The normalized spacial score (nSPS) is 33.0. The van der Waals surface area contributed by atoms with Crippen LogP contribution in [-0.2, 0) is 10.4 Å². The molecule has 2 aromatic rings. The van der Waals surface area contributed by atoms with Crippen molar-refractivity contribution in [3.63, 3.8) is 0 Å². The number of H-pyrrole nitrogens is 1. The number of amides is 1. The highest BCUT2D eigenvalue weighted by Crippen LogP contribution is 2.60. The highest BCUT2D eigenvalue weighted by Gasteiger charge is 2.62. The maximum Gasteiger partial charge on any atom is 0.233 e. The van der Waals surface area contributed by atoms with Crippen molar-refractivity contribution in [2.75, 3.05) is 6.54 Å². The Labute approximate surface area is 132 Å². The van der Waals surface area contributed by atoms with Crippen molar-refractivity contribution >= 4 is 28.4 Å². The average Bonchev–Trinajstić information content (AvgIpc) is 2.86. The van der Waals surface area contributed by atoms with Gasteiger partial charge in [-0.15, -0.1) is 0 Å². The quantitative estimate of drug-likeness (QED) is 0.674. The molecule has 22 heavy (non-hydrogen) atoms. The van der Waals surface area contributed by atoms with Gasteiger partial charge in [-0.25, -0.2) is 0 Å². The van der Waals surface area contributed by atoms with E-state index in [2.05, 4.69) is 15.5 Å². The molecule has 1 amide bonds. The number of aromatic nitrogens is 2. The van der Waals surface area contributed by atoms with Crippen LogP contribution in [0.4, 0.5) is 0 Å². The van der Waals surface area contributed by atoms with Crippen LogP contribution in [0.3, 0.4) is 0 Å². The third-order valence-corrected chi connectivity index (χ3v) is 5.23. The summed E-state index contributed by atoms with van der Waals surface area (Å²) in [4.78, 5) is 11.4. The van der Waals surface area contributed by atoms with Gasteiger partial charge >= 0.3 is 0 Å². The predicted octanol–water partition coefficient (Wildman–Crippen LogP) is 0.887. The second-order valence-electron chi connectivity index (χ2n) is 6.35. The number of halogens is 1. The van der Waals surface area contributed by atoms with Crippen LogP contribution in [0.15, 0.2) is 18.3 Å². The van der Waals surface area contributed by atoms with E-state index in [1.165, 1.54) is 0 Å². The minimum absolute atomic E-state index is 0.00411. The lowest BCUT2D eigenvalue weighted by atomic mass is 9.86. The molecule has 5 N–H and O–H groups in total. The van der Waals surface area contributed by atoms with Crippen LogP contribution in [0, 0.1) is 11.8 Å². The van der Waals surface area contributed by atoms with Crippen molar-refractivity contribution in [3.05, 3.63) is 28.9 Å². The van der Waals surface area contributed by atoms with E-state index in [1.54, 1.807) is 12.3 Å². The van der Waals surface area contributed by atoms with Gasteiger partial charge in [-0.3, -0.25) is 9.89 Å². The highest BCUT2D eigenvalue weighted by molar-refractivity contribution is 6.31. The molecule has 0 radical (unpaired) electrons. The van der Waals surface area contributed by atoms with Crippen LogP contribution < -0.4 is 11.1 Å². The predicted molar refractivity (Wildman–Crippen MR) is 82.2 cm³/mol. The first-order valence-electron chi connectivity index (χ1n) is 7.37. The van der Waals surface area contributed by atoms with Gasteiger partial charge in [-0.05, 0) is 42.4 Å². The summed E-state index contributed by atoms with van der Waals surface area (Å²) >= 11 is 6.16. The topological polar surface area (TPSA) is 104 Å². The van der Waals surface area contributed by atoms with Gasteiger partial charge in [0.2, 0.25) is 5.91 Å². The molecule has 7 heteroatoms. The molecule has 1 aromatic heterocycles. The van der Waals surface area contributed by atoms with Gasteiger partial charge in [0.05, 0.1) is 23.9 Å². The molecule has 0 aliphatic heterocycles. The molecular formula is C15H17ClN4O2. The van der Waals surface area contributed by atoms with Gasteiger partial charge in [-0.1, -0.05) is 11.6 Å². The van der Waals surface area contributed by atoms with Crippen molar-refractivity contribution in [2.45, 2.75) is 24.5 Å². The Hall–Kier alpha value is -1.63. The summed E-state index contributed by atoms with van der Waals surface area (Å²) in [6.45, 7) is 0.00411. The van der Waals surface area contributed by atoms with E-state index in [9.17, 15) is 9.90 Å². The SMILES string of the molecule is NCC(=O)NC1C2CC(O)(c3cc(Cl)cc4[nH]ncc34)CC21. The molecule has 0 saturated heterocycles. The van der Waals surface area contributed by atoms with Crippen molar-refractivity contribution < 1.29 is 9.90 Å². The number of hydrogen-bond donors (Lipinski definition) is 4. The zero-order valence-electron chi connectivity index (χ0n) is 11.8. The maximum atomic E-state index is 11.4. The van der Waals surface area contributed by atoms with E-state index in [-0.39, 0.29) is 18.5 Å². The summed E-state index contributed by atoms with van der Waals surface area (Å²) in [6, 6.07) is 3.77. The smallest absolute Gasteiger partial charge is 0.233 e. The molecule has 2 aliphatic rings. The fourth-order valence-electron chi connectivity index (χ4n) is 3.94. The first-order chi connectivity index (χ1) is 10.5. The Balaban J connectivity index is 1.60. The Bertz CT molecular complexity index is 747. The van der Waals surface area contributed by atoms with Crippen LogP contribution in [-0.4, -0.2) is 33.8 Å². The number of benzene rings is 1. The summed E-state index contributed by atoms with van der Waals surface area (Å²) in [6.07, 6.45) is 2.96. The fraction of sp³-hybridized carbons (Fsp3) is 0.467. The fourth-order valence-corrected chi connectivity index (χ4v) is 4.16. The van der Waals surface area contributed by atoms with E-state index in [1.807, 2.05) is 6.07 Å². The van der Waals surface area contributed by atoms with E-state index in [0.29, 0.717) is 29.7 Å². The Morgan fingerprint density at radius 3 is 2.91 bits per heavy atom. The molecule has 2 aliphatic carbocycles. The Morgan fingerprint density at radius 1 is 1.50 bits per heavy atom. The van der Waals surface area contributed by atoms with Gasteiger partial charge in [0.25, 0.3) is 0 Å². The number of nitrogens with zero attached hydrogens (tertiary/aromatic N) is 1. The molecule has 2 unspecified atom stereocenters. The zero-order valence-corrected chi connectivity index (χ0v) is 12.6. The molecule has 116 valence electrons. The number of rotatable bonds is 3. The molecule has 2 fully saturated rings. The molecule has 2 saturated carbocycles. The molecule has 2 atom stereocenters. The van der Waals surface area contributed by atoms with E-state index >= 15 is 0 Å². The van der Waals surface area contributed by atoms with Crippen molar-refractivity contribution in [3.8, 4) is 0 Å². The second kappa shape index (κ2) is 4.68. The number of fused-ring (bicyclic) bond motifs is 2. The van der Waals surface area contributed by atoms with Crippen molar-refractivity contribution in [1.29, 1.82) is 0 Å². The number of carbonyl (C=O) groups excluding carboxylic acids is 1. The first-order valence-corrected chi connectivity index (χ1v) is 7.74.